The van der Waals surface area contributed by atoms with E-state index in [0.29, 0.717) is 46.1 Å². The van der Waals surface area contributed by atoms with Crippen LogP contribution in [0.15, 0.2) is 16.2 Å². The molecule has 3 N–H and O–H groups in total. The second kappa shape index (κ2) is 6.02. The number of thiazole rings is 1. The number of nitrogens with zero attached hydrogens (tertiary/aromatic N) is 2. The molecule has 2 unspecified atom stereocenters. The topological polar surface area (TPSA) is 97.3 Å². The predicted molar refractivity (Wildman–Crippen MR) is 118 cm³/mol. The monoisotopic (exact) mass is 455 g/mol. The van der Waals surface area contributed by atoms with Crippen LogP contribution < -0.4 is 20.8 Å². The van der Waals surface area contributed by atoms with E-state index in [1.165, 1.54) is 17.4 Å². The molecule has 166 valence electrons. The van der Waals surface area contributed by atoms with Gasteiger partial charge < -0.3 is 20.5 Å². The molecule has 7 nitrogen and oxygen atoms in total. The number of halogens is 1. The van der Waals surface area contributed by atoms with Crippen LogP contribution in [0.25, 0.3) is 15.7 Å². The largest absolute Gasteiger partial charge is 0.483 e. The fourth-order valence-corrected chi connectivity index (χ4v) is 7.98. The first-order valence-electron chi connectivity index (χ1n) is 11.1. The Morgan fingerprint density at radius 1 is 1.31 bits per heavy atom. The van der Waals surface area contributed by atoms with Crippen molar-refractivity contribution in [3.05, 3.63) is 38.7 Å². The van der Waals surface area contributed by atoms with Gasteiger partial charge in [0.15, 0.2) is 11.6 Å². The second-order valence-corrected chi connectivity index (χ2v) is 10.7. The average Bonchev–Trinajstić information content (AvgIpc) is 3.39. The summed E-state index contributed by atoms with van der Waals surface area (Å²) in [6, 6.07) is 1.19. The molecule has 2 aliphatic heterocycles. The van der Waals surface area contributed by atoms with Gasteiger partial charge in [-0.3, -0.25) is 9.20 Å². The van der Waals surface area contributed by atoms with E-state index in [4.69, 9.17) is 10.5 Å². The zero-order chi connectivity index (χ0) is 21.9. The normalized spacial score (nSPS) is 30.3. The summed E-state index contributed by atoms with van der Waals surface area (Å²) >= 11 is 1.20. The molecular formula is C23H22FN3O4S. The molecule has 8 rings (SSSR count). The fourth-order valence-electron chi connectivity index (χ4n) is 6.95. The molecule has 0 spiro atoms. The van der Waals surface area contributed by atoms with E-state index in [0.717, 1.165) is 37.9 Å². The second-order valence-electron chi connectivity index (χ2n) is 9.84. The quantitative estimate of drug-likeness (QED) is 0.616. The molecule has 0 radical (unpaired) electrons. The lowest BCUT2D eigenvalue weighted by Gasteiger charge is -2.52. The van der Waals surface area contributed by atoms with E-state index >= 15 is 4.39 Å². The van der Waals surface area contributed by atoms with E-state index in [-0.39, 0.29) is 23.1 Å². The van der Waals surface area contributed by atoms with E-state index in [1.54, 1.807) is 9.78 Å². The number of hydrogen-bond donors (Lipinski definition) is 2. The molecule has 2 atom stereocenters. The summed E-state index contributed by atoms with van der Waals surface area (Å²) < 4.78 is 23.4. The molecule has 2 bridgehead atoms. The van der Waals surface area contributed by atoms with Gasteiger partial charge in [-0.2, -0.15) is 0 Å². The van der Waals surface area contributed by atoms with Crippen LogP contribution in [-0.2, 0) is 6.61 Å². The molecule has 3 aliphatic carbocycles. The predicted octanol–water partition coefficient (Wildman–Crippen LogP) is 3.20. The summed E-state index contributed by atoms with van der Waals surface area (Å²) in [5, 5.41) is 11.5. The number of benzene rings is 1. The van der Waals surface area contributed by atoms with Gasteiger partial charge in [0.2, 0.25) is 5.43 Å². The van der Waals surface area contributed by atoms with Gasteiger partial charge in [0, 0.05) is 24.0 Å². The van der Waals surface area contributed by atoms with Gasteiger partial charge in [0.05, 0.1) is 11.1 Å². The number of hydrogen-bond acceptors (Lipinski definition) is 6. The highest BCUT2D eigenvalue weighted by Gasteiger charge is 2.55. The number of anilines is 1. The molecule has 2 aromatic heterocycles. The van der Waals surface area contributed by atoms with Crippen molar-refractivity contribution in [1.29, 1.82) is 0 Å². The molecule has 4 heterocycles. The van der Waals surface area contributed by atoms with Crippen LogP contribution in [0.2, 0.25) is 0 Å². The van der Waals surface area contributed by atoms with E-state index in [9.17, 15) is 14.7 Å². The Bertz CT molecular complexity index is 1400. The molecule has 3 saturated carbocycles. The van der Waals surface area contributed by atoms with Crippen molar-refractivity contribution < 1.29 is 19.0 Å². The van der Waals surface area contributed by atoms with Crippen LogP contribution in [0.4, 0.5) is 10.1 Å². The molecule has 4 fully saturated rings. The average molecular weight is 456 g/mol. The van der Waals surface area contributed by atoms with Gasteiger partial charge in [-0.15, -0.1) is 11.3 Å². The van der Waals surface area contributed by atoms with Crippen molar-refractivity contribution in [2.45, 2.75) is 37.8 Å². The van der Waals surface area contributed by atoms with Crippen molar-refractivity contribution in [1.82, 2.24) is 4.40 Å². The van der Waals surface area contributed by atoms with Crippen molar-refractivity contribution in [3.63, 3.8) is 0 Å². The van der Waals surface area contributed by atoms with Crippen LogP contribution in [0.3, 0.4) is 0 Å². The van der Waals surface area contributed by atoms with Crippen molar-refractivity contribution in [2.24, 2.45) is 23.5 Å². The molecule has 9 heteroatoms. The maximum Gasteiger partial charge on any atom is 0.342 e. The first kappa shape index (κ1) is 18.9. The first-order valence-corrected chi connectivity index (χ1v) is 12.0. The minimum atomic E-state index is -1.30. The molecule has 5 aliphatic rings. The highest BCUT2D eigenvalue weighted by molar-refractivity contribution is 7.16. The summed E-state index contributed by atoms with van der Waals surface area (Å²) in [7, 11) is 0. The van der Waals surface area contributed by atoms with Crippen molar-refractivity contribution in [3.8, 4) is 5.75 Å². The van der Waals surface area contributed by atoms with Crippen LogP contribution in [0.1, 0.15) is 41.7 Å². The van der Waals surface area contributed by atoms with Crippen LogP contribution in [0, 0.1) is 23.6 Å². The number of carboxylic acids is 1. The van der Waals surface area contributed by atoms with Crippen molar-refractivity contribution in [2.75, 3.05) is 18.0 Å². The Hall–Kier alpha value is -2.65. The third-order valence-electron chi connectivity index (χ3n) is 8.45. The smallest absolute Gasteiger partial charge is 0.342 e. The Balaban J connectivity index is 1.47. The van der Waals surface area contributed by atoms with Crippen LogP contribution in [-0.4, -0.2) is 34.1 Å². The zero-order valence-corrected chi connectivity index (χ0v) is 18.1. The van der Waals surface area contributed by atoms with Gasteiger partial charge in [-0.1, -0.05) is 0 Å². The third-order valence-corrected chi connectivity index (χ3v) is 9.45. The fraction of sp³-hybridized carbons (Fsp3) is 0.478. The molecule has 0 amide bonds. The summed E-state index contributed by atoms with van der Waals surface area (Å²) in [4.78, 5) is 27.3. The Morgan fingerprint density at radius 2 is 2.09 bits per heavy atom. The molecule has 32 heavy (non-hydrogen) atoms. The number of ether oxygens (including phenoxy) is 1. The first-order chi connectivity index (χ1) is 15.4. The van der Waals surface area contributed by atoms with Gasteiger partial charge in [-0.25, -0.2) is 9.18 Å². The lowest BCUT2D eigenvalue weighted by Crippen LogP contribution is -2.58. The van der Waals surface area contributed by atoms with Gasteiger partial charge in [0.25, 0.3) is 0 Å². The lowest BCUT2D eigenvalue weighted by atomic mass is 9.56. The van der Waals surface area contributed by atoms with Crippen molar-refractivity contribution >= 4 is 38.7 Å². The number of nitrogens with two attached hydrogens (primary N) is 1. The van der Waals surface area contributed by atoms with Gasteiger partial charge in [-0.05, 0) is 49.5 Å². The summed E-state index contributed by atoms with van der Waals surface area (Å²) in [6.07, 6.45) is 4.34. The Labute approximate surface area is 186 Å². The Morgan fingerprint density at radius 3 is 2.81 bits per heavy atom. The zero-order valence-electron chi connectivity index (χ0n) is 17.3. The minimum Gasteiger partial charge on any atom is -0.483 e. The van der Waals surface area contributed by atoms with E-state index in [1.807, 2.05) is 0 Å². The van der Waals surface area contributed by atoms with Crippen LogP contribution >= 0.6 is 11.3 Å². The van der Waals surface area contributed by atoms with Crippen LogP contribution in [0.5, 0.6) is 5.75 Å². The number of fused-ring (bicyclic) bond motifs is 2. The number of carboxylic acid groups (broad SMARTS) is 1. The number of rotatable bonds is 2. The number of carbonyl (C=O) groups is 1. The lowest BCUT2D eigenvalue weighted by molar-refractivity contribution is 0.0318. The van der Waals surface area contributed by atoms with Gasteiger partial charge >= 0.3 is 5.97 Å². The molecule has 3 aromatic rings. The summed E-state index contributed by atoms with van der Waals surface area (Å²) in [5.74, 6) is -0.101. The number of aromatic carboxylic acids is 1. The summed E-state index contributed by atoms with van der Waals surface area (Å²) in [5.41, 5.74) is 7.24. The standard InChI is InChI=1S/C23H22FN3O4S/c24-15-5-12-17-20(31-8-11-9-32-21(27(11)17)16(19(12)28)22(29)30)18(15)26-6-13-10-1-3-23(25,4-2-10)14(13)7-26/h5,9-10,13-14H,1-4,6-8,25H2,(H,29,30). The Kier molecular flexibility index (Phi) is 3.55. The maximum absolute atomic E-state index is 15.6. The molecule has 1 aromatic carbocycles. The highest BCUT2D eigenvalue weighted by atomic mass is 32.1. The van der Waals surface area contributed by atoms with E-state index < -0.39 is 17.2 Å². The summed E-state index contributed by atoms with van der Waals surface area (Å²) in [6.45, 7) is 1.61. The maximum atomic E-state index is 15.6. The SMILES string of the molecule is NC12CCC(CC1)C1CN(c3c(F)cc4c(=O)c(C(=O)O)c5scc6n5c4c3OC6)CC12. The third kappa shape index (κ3) is 2.18. The van der Waals surface area contributed by atoms with E-state index in [2.05, 4.69) is 4.90 Å². The van der Waals surface area contributed by atoms with Gasteiger partial charge in [0.1, 0.15) is 28.2 Å². The number of aromatic nitrogens is 1. The highest BCUT2D eigenvalue weighted by Crippen LogP contribution is 2.55. The molecule has 1 saturated heterocycles. The molecular weight excluding hydrogens is 433 g/mol. The number of pyridine rings is 1. The minimum absolute atomic E-state index is 0.0440.